The number of aryl methyl sites for hydroxylation is 1. The van der Waals surface area contributed by atoms with Crippen molar-refractivity contribution in [3.05, 3.63) is 12.4 Å². The molecule has 1 aromatic rings. The quantitative estimate of drug-likeness (QED) is 0.840. The van der Waals surface area contributed by atoms with Crippen molar-refractivity contribution in [1.29, 1.82) is 0 Å². The van der Waals surface area contributed by atoms with Crippen molar-refractivity contribution in [3.8, 4) is 0 Å². The first-order valence-corrected chi connectivity index (χ1v) is 7.29. The molecule has 1 unspecified atom stereocenters. The Balaban J connectivity index is 2.09. The lowest BCUT2D eigenvalue weighted by molar-refractivity contribution is 0.433. The molecule has 102 valence electrons. The smallest absolute Gasteiger partial charge is 0.205 e. The van der Waals surface area contributed by atoms with Gasteiger partial charge in [0, 0.05) is 38.1 Å². The van der Waals surface area contributed by atoms with Gasteiger partial charge in [0.1, 0.15) is 0 Å². The molecule has 0 saturated carbocycles. The van der Waals surface area contributed by atoms with Gasteiger partial charge in [-0.05, 0) is 32.7 Å². The Morgan fingerprint density at radius 3 is 3.11 bits per heavy atom. The van der Waals surface area contributed by atoms with E-state index in [2.05, 4.69) is 32.9 Å². The molecule has 0 bridgehead atoms. The summed E-state index contributed by atoms with van der Waals surface area (Å²) in [6.45, 7) is 5.53. The molecule has 0 radical (unpaired) electrons. The standard InChI is InChI=1S/C14H26N4/c1-3-4-9-17-11-8-16-14(17)18-10-6-5-7-13(18)12-15-2/h8,11,13,15H,3-7,9-10,12H2,1-2H3. The molecule has 0 spiro atoms. The van der Waals surface area contributed by atoms with Gasteiger partial charge in [-0.1, -0.05) is 13.3 Å². The first-order chi connectivity index (χ1) is 8.86. The maximum Gasteiger partial charge on any atom is 0.205 e. The molecule has 1 atom stereocenters. The van der Waals surface area contributed by atoms with Gasteiger partial charge in [0.15, 0.2) is 0 Å². The topological polar surface area (TPSA) is 33.1 Å². The Labute approximate surface area is 110 Å². The number of piperidine rings is 1. The van der Waals surface area contributed by atoms with Crippen LogP contribution in [0.4, 0.5) is 5.95 Å². The fourth-order valence-corrected chi connectivity index (χ4v) is 2.78. The molecule has 0 aromatic carbocycles. The third-order valence-corrected chi connectivity index (χ3v) is 3.77. The summed E-state index contributed by atoms with van der Waals surface area (Å²) in [6.07, 6.45) is 10.4. The largest absolute Gasteiger partial charge is 0.338 e. The fourth-order valence-electron chi connectivity index (χ4n) is 2.78. The van der Waals surface area contributed by atoms with E-state index in [4.69, 9.17) is 0 Å². The second kappa shape index (κ2) is 6.78. The zero-order valence-electron chi connectivity index (χ0n) is 11.7. The Morgan fingerprint density at radius 1 is 1.44 bits per heavy atom. The molecule has 2 heterocycles. The summed E-state index contributed by atoms with van der Waals surface area (Å²) in [6, 6.07) is 0.603. The Hall–Kier alpha value is -1.03. The lowest BCUT2D eigenvalue weighted by Gasteiger charge is -2.36. The van der Waals surface area contributed by atoms with Crippen LogP contribution in [0.5, 0.6) is 0 Å². The summed E-state index contributed by atoms with van der Waals surface area (Å²) in [5, 5.41) is 3.31. The first-order valence-electron chi connectivity index (χ1n) is 7.29. The average molecular weight is 250 g/mol. The molecule has 18 heavy (non-hydrogen) atoms. The lowest BCUT2D eigenvalue weighted by atomic mass is 10.0. The van der Waals surface area contributed by atoms with Gasteiger partial charge >= 0.3 is 0 Å². The zero-order valence-corrected chi connectivity index (χ0v) is 11.7. The van der Waals surface area contributed by atoms with Gasteiger partial charge in [0.25, 0.3) is 0 Å². The van der Waals surface area contributed by atoms with E-state index in [9.17, 15) is 0 Å². The number of likely N-dealkylation sites (N-methyl/N-ethyl adjacent to an activating group) is 1. The van der Waals surface area contributed by atoms with E-state index in [0.717, 1.165) is 19.6 Å². The number of rotatable bonds is 6. The molecule has 4 nitrogen and oxygen atoms in total. The molecule has 1 aliphatic heterocycles. The number of unbranched alkanes of at least 4 members (excludes halogenated alkanes) is 1. The Kier molecular flexibility index (Phi) is 5.05. The molecular formula is C14H26N4. The summed E-state index contributed by atoms with van der Waals surface area (Å²) in [5.74, 6) is 1.17. The number of nitrogens with one attached hydrogen (secondary N) is 1. The summed E-state index contributed by atoms with van der Waals surface area (Å²) < 4.78 is 2.32. The van der Waals surface area contributed by atoms with Crippen molar-refractivity contribution < 1.29 is 0 Å². The average Bonchev–Trinajstić information content (AvgIpc) is 2.85. The molecule has 4 heteroatoms. The molecule has 0 amide bonds. The van der Waals surface area contributed by atoms with E-state index in [1.165, 1.54) is 38.1 Å². The van der Waals surface area contributed by atoms with Crippen molar-refractivity contribution in [1.82, 2.24) is 14.9 Å². The van der Waals surface area contributed by atoms with Gasteiger partial charge in [-0.15, -0.1) is 0 Å². The molecule has 0 aliphatic carbocycles. The van der Waals surface area contributed by atoms with Crippen molar-refractivity contribution in [3.63, 3.8) is 0 Å². The van der Waals surface area contributed by atoms with Crippen LogP contribution >= 0.6 is 0 Å². The van der Waals surface area contributed by atoms with Crippen LogP contribution in [-0.2, 0) is 6.54 Å². The van der Waals surface area contributed by atoms with E-state index >= 15 is 0 Å². The van der Waals surface area contributed by atoms with Crippen molar-refractivity contribution in [2.75, 3.05) is 25.0 Å². The maximum absolute atomic E-state index is 4.59. The van der Waals surface area contributed by atoms with Crippen LogP contribution in [0.25, 0.3) is 0 Å². The van der Waals surface area contributed by atoms with Gasteiger partial charge in [0.05, 0.1) is 0 Å². The SMILES string of the molecule is CCCCn1ccnc1N1CCCCC1CNC. The monoisotopic (exact) mass is 250 g/mol. The van der Waals surface area contributed by atoms with E-state index in [-0.39, 0.29) is 0 Å². The molecule has 1 saturated heterocycles. The normalized spacial score (nSPS) is 20.3. The summed E-state index contributed by atoms with van der Waals surface area (Å²) >= 11 is 0. The highest BCUT2D eigenvalue weighted by Crippen LogP contribution is 2.23. The molecule has 1 fully saturated rings. The van der Waals surface area contributed by atoms with Crippen molar-refractivity contribution >= 4 is 5.95 Å². The third kappa shape index (κ3) is 3.05. The molecular weight excluding hydrogens is 224 g/mol. The van der Waals surface area contributed by atoms with Crippen LogP contribution in [0.3, 0.4) is 0 Å². The molecule has 1 aliphatic rings. The zero-order chi connectivity index (χ0) is 12.8. The van der Waals surface area contributed by atoms with Gasteiger partial charge < -0.3 is 14.8 Å². The number of imidazole rings is 1. The van der Waals surface area contributed by atoms with Gasteiger partial charge in [-0.25, -0.2) is 4.98 Å². The minimum Gasteiger partial charge on any atom is -0.338 e. The number of aromatic nitrogens is 2. The van der Waals surface area contributed by atoms with Gasteiger partial charge in [-0.3, -0.25) is 0 Å². The van der Waals surface area contributed by atoms with E-state index < -0.39 is 0 Å². The van der Waals surface area contributed by atoms with Crippen LogP contribution in [0, 0.1) is 0 Å². The van der Waals surface area contributed by atoms with E-state index in [0.29, 0.717) is 6.04 Å². The fraction of sp³-hybridized carbons (Fsp3) is 0.786. The van der Waals surface area contributed by atoms with Crippen molar-refractivity contribution in [2.24, 2.45) is 0 Å². The number of hydrogen-bond donors (Lipinski definition) is 1. The Bertz CT molecular complexity index is 345. The highest BCUT2D eigenvalue weighted by atomic mass is 15.3. The van der Waals surface area contributed by atoms with Gasteiger partial charge in [0.2, 0.25) is 5.95 Å². The van der Waals surface area contributed by atoms with Crippen molar-refractivity contribution in [2.45, 2.75) is 51.6 Å². The second-order valence-electron chi connectivity index (χ2n) is 5.17. The number of anilines is 1. The van der Waals surface area contributed by atoms with Crippen LogP contribution in [0.1, 0.15) is 39.0 Å². The van der Waals surface area contributed by atoms with E-state index in [1.807, 2.05) is 13.2 Å². The maximum atomic E-state index is 4.59. The third-order valence-electron chi connectivity index (χ3n) is 3.77. The highest BCUT2D eigenvalue weighted by Gasteiger charge is 2.24. The van der Waals surface area contributed by atoms with Crippen LogP contribution < -0.4 is 10.2 Å². The minimum atomic E-state index is 0.603. The first kappa shape index (κ1) is 13.4. The minimum absolute atomic E-state index is 0.603. The van der Waals surface area contributed by atoms with Gasteiger partial charge in [-0.2, -0.15) is 0 Å². The number of nitrogens with zero attached hydrogens (tertiary/aromatic N) is 3. The van der Waals surface area contributed by atoms with E-state index in [1.54, 1.807) is 0 Å². The van der Waals surface area contributed by atoms with Crippen LogP contribution in [0.2, 0.25) is 0 Å². The van der Waals surface area contributed by atoms with Crippen LogP contribution in [-0.4, -0.2) is 35.7 Å². The summed E-state index contributed by atoms with van der Waals surface area (Å²) in [5.41, 5.74) is 0. The summed E-state index contributed by atoms with van der Waals surface area (Å²) in [7, 11) is 2.04. The molecule has 1 N–H and O–H groups in total. The highest BCUT2D eigenvalue weighted by molar-refractivity contribution is 5.34. The number of hydrogen-bond acceptors (Lipinski definition) is 3. The lowest BCUT2D eigenvalue weighted by Crippen LogP contribution is -2.46. The Morgan fingerprint density at radius 2 is 2.33 bits per heavy atom. The van der Waals surface area contributed by atoms with Crippen LogP contribution in [0.15, 0.2) is 12.4 Å². The summed E-state index contributed by atoms with van der Waals surface area (Å²) in [4.78, 5) is 7.08. The molecule has 1 aromatic heterocycles. The predicted octanol–water partition coefficient (Wildman–Crippen LogP) is 2.26. The molecule has 2 rings (SSSR count). The second-order valence-corrected chi connectivity index (χ2v) is 5.17. The predicted molar refractivity (Wildman–Crippen MR) is 76.0 cm³/mol.